The maximum absolute atomic E-state index is 12.6. The Morgan fingerprint density at radius 2 is 2.19 bits per heavy atom. The van der Waals surface area contributed by atoms with Crippen molar-refractivity contribution in [2.75, 3.05) is 13.2 Å². The van der Waals surface area contributed by atoms with Crippen LogP contribution in [0.5, 0.6) is 5.75 Å². The Labute approximate surface area is 153 Å². The molecule has 0 bridgehead atoms. The lowest BCUT2D eigenvalue weighted by atomic mass is 9.84. The average Bonchev–Trinajstić information content (AvgIpc) is 3.22. The van der Waals surface area contributed by atoms with Gasteiger partial charge in [-0.2, -0.15) is 4.98 Å². The number of aryl methyl sites for hydroxylation is 1. The molecule has 1 amide bonds. The number of hydrogen-bond donors (Lipinski definition) is 0. The number of hydrogen-bond acceptors (Lipinski definition) is 5. The second-order valence-electron chi connectivity index (χ2n) is 7.28. The molecular formula is C20H25N3O3. The predicted octanol–water partition coefficient (Wildman–Crippen LogP) is 3.46. The van der Waals surface area contributed by atoms with Crippen LogP contribution in [0.3, 0.4) is 0 Å². The first-order valence-corrected chi connectivity index (χ1v) is 9.53. The van der Waals surface area contributed by atoms with Crippen LogP contribution in [0, 0.1) is 12.8 Å². The fraction of sp³-hybridized carbons (Fsp3) is 0.550. The Morgan fingerprint density at radius 1 is 1.31 bits per heavy atom. The molecule has 4 rings (SSSR count). The topological polar surface area (TPSA) is 68.5 Å². The number of likely N-dealkylation sites (tertiary alicyclic amines) is 1. The molecule has 2 heterocycles. The standard InChI is InChI=1S/C20H25N3O3/c1-14-5-2-8-16(13-14)25-12-10-18-21-19(26-22-18)17-9-4-11-23(17)20(24)15-6-3-7-15/h2,5,8,13,15,17H,3-4,6-7,9-12H2,1H3. The number of ether oxygens (including phenoxy) is 1. The van der Waals surface area contributed by atoms with Gasteiger partial charge in [0.25, 0.3) is 0 Å². The molecule has 1 atom stereocenters. The van der Waals surface area contributed by atoms with E-state index in [-0.39, 0.29) is 17.9 Å². The molecule has 1 unspecified atom stereocenters. The summed E-state index contributed by atoms with van der Waals surface area (Å²) in [6.45, 7) is 3.34. The van der Waals surface area contributed by atoms with Crippen molar-refractivity contribution in [1.29, 1.82) is 0 Å². The van der Waals surface area contributed by atoms with E-state index in [1.54, 1.807) is 0 Å². The van der Waals surface area contributed by atoms with Gasteiger partial charge in [-0.3, -0.25) is 4.79 Å². The van der Waals surface area contributed by atoms with Crippen LogP contribution in [-0.2, 0) is 11.2 Å². The molecular weight excluding hydrogens is 330 g/mol. The summed E-state index contributed by atoms with van der Waals surface area (Å²) in [5, 5.41) is 4.08. The van der Waals surface area contributed by atoms with Gasteiger partial charge in [0.05, 0.1) is 6.61 Å². The van der Waals surface area contributed by atoms with Crippen molar-refractivity contribution in [2.45, 2.75) is 51.5 Å². The molecule has 2 aromatic rings. The predicted molar refractivity (Wildman–Crippen MR) is 95.7 cm³/mol. The molecule has 0 spiro atoms. The van der Waals surface area contributed by atoms with Crippen LogP contribution in [0.15, 0.2) is 28.8 Å². The van der Waals surface area contributed by atoms with E-state index < -0.39 is 0 Å². The van der Waals surface area contributed by atoms with Crippen LogP contribution >= 0.6 is 0 Å². The zero-order chi connectivity index (χ0) is 17.9. The van der Waals surface area contributed by atoms with Crippen molar-refractivity contribution in [3.8, 4) is 5.75 Å². The summed E-state index contributed by atoms with van der Waals surface area (Å²) in [6, 6.07) is 7.91. The molecule has 0 N–H and O–H groups in total. The minimum Gasteiger partial charge on any atom is -0.493 e. The minimum absolute atomic E-state index is 0.0537. The number of amides is 1. The molecule has 1 aliphatic carbocycles. The molecule has 1 saturated heterocycles. The van der Waals surface area contributed by atoms with Crippen molar-refractivity contribution in [3.05, 3.63) is 41.5 Å². The number of benzene rings is 1. The number of carbonyl (C=O) groups is 1. The van der Waals surface area contributed by atoms with E-state index in [9.17, 15) is 4.79 Å². The van der Waals surface area contributed by atoms with Crippen molar-refractivity contribution < 1.29 is 14.1 Å². The van der Waals surface area contributed by atoms with Gasteiger partial charge in [-0.05, 0) is 50.3 Å². The highest BCUT2D eigenvalue weighted by molar-refractivity contribution is 5.80. The summed E-state index contributed by atoms with van der Waals surface area (Å²) in [5.41, 5.74) is 1.17. The largest absolute Gasteiger partial charge is 0.493 e. The van der Waals surface area contributed by atoms with Crippen molar-refractivity contribution in [1.82, 2.24) is 15.0 Å². The molecule has 6 heteroatoms. The quantitative estimate of drug-likeness (QED) is 0.794. The van der Waals surface area contributed by atoms with Gasteiger partial charge in [-0.15, -0.1) is 0 Å². The van der Waals surface area contributed by atoms with Gasteiger partial charge >= 0.3 is 0 Å². The van der Waals surface area contributed by atoms with Gasteiger partial charge in [0.1, 0.15) is 11.8 Å². The third-order valence-electron chi connectivity index (χ3n) is 5.34. The van der Waals surface area contributed by atoms with E-state index in [1.165, 1.54) is 12.0 Å². The van der Waals surface area contributed by atoms with Crippen LogP contribution in [0.25, 0.3) is 0 Å². The maximum atomic E-state index is 12.6. The zero-order valence-corrected chi connectivity index (χ0v) is 15.2. The van der Waals surface area contributed by atoms with Crippen LogP contribution in [0.1, 0.15) is 55.4 Å². The molecule has 1 aromatic heterocycles. The van der Waals surface area contributed by atoms with E-state index in [2.05, 4.69) is 10.1 Å². The van der Waals surface area contributed by atoms with E-state index in [0.717, 1.165) is 38.0 Å². The lowest BCUT2D eigenvalue weighted by molar-refractivity contribution is -0.139. The fourth-order valence-electron chi connectivity index (χ4n) is 3.65. The Kier molecular flexibility index (Phi) is 4.91. The van der Waals surface area contributed by atoms with Crippen molar-refractivity contribution in [2.24, 2.45) is 5.92 Å². The SMILES string of the molecule is Cc1cccc(OCCc2noc(C3CCCN3C(=O)C3CCC3)n2)c1. The summed E-state index contributed by atoms with van der Waals surface area (Å²) in [7, 11) is 0. The van der Waals surface area contributed by atoms with E-state index in [4.69, 9.17) is 9.26 Å². The van der Waals surface area contributed by atoms with Crippen LogP contribution < -0.4 is 4.74 Å². The van der Waals surface area contributed by atoms with Gasteiger partial charge in [0, 0.05) is 18.9 Å². The van der Waals surface area contributed by atoms with Crippen molar-refractivity contribution >= 4 is 5.91 Å². The molecule has 1 aromatic carbocycles. The Morgan fingerprint density at radius 3 is 2.96 bits per heavy atom. The van der Waals surface area contributed by atoms with Crippen LogP contribution in [-0.4, -0.2) is 34.1 Å². The highest BCUT2D eigenvalue weighted by atomic mass is 16.5. The molecule has 0 radical (unpaired) electrons. The summed E-state index contributed by atoms with van der Waals surface area (Å²) in [4.78, 5) is 19.1. The molecule has 1 saturated carbocycles. The number of nitrogens with zero attached hydrogens (tertiary/aromatic N) is 3. The first-order valence-electron chi connectivity index (χ1n) is 9.53. The van der Waals surface area contributed by atoms with Gasteiger partial charge < -0.3 is 14.2 Å². The third-order valence-corrected chi connectivity index (χ3v) is 5.34. The summed E-state index contributed by atoms with van der Waals surface area (Å²) >= 11 is 0. The number of rotatable bonds is 6. The van der Waals surface area contributed by atoms with Gasteiger partial charge in [-0.25, -0.2) is 0 Å². The van der Waals surface area contributed by atoms with Gasteiger partial charge in [0.2, 0.25) is 11.8 Å². The highest BCUT2D eigenvalue weighted by Gasteiger charge is 2.38. The Bertz CT molecular complexity index is 769. The first-order chi connectivity index (χ1) is 12.7. The number of carbonyl (C=O) groups excluding carboxylic acids is 1. The molecule has 1 aliphatic heterocycles. The minimum atomic E-state index is -0.0537. The second kappa shape index (κ2) is 7.48. The third kappa shape index (κ3) is 3.59. The Hall–Kier alpha value is -2.37. The highest BCUT2D eigenvalue weighted by Crippen LogP contribution is 2.36. The lowest BCUT2D eigenvalue weighted by Gasteiger charge is -2.31. The monoisotopic (exact) mass is 355 g/mol. The van der Waals surface area contributed by atoms with Crippen LogP contribution in [0.2, 0.25) is 0 Å². The van der Waals surface area contributed by atoms with E-state index in [0.29, 0.717) is 24.7 Å². The smallest absolute Gasteiger partial charge is 0.249 e. The first kappa shape index (κ1) is 17.1. The second-order valence-corrected chi connectivity index (χ2v) is 7.28. The summed E-state index contributed by atoms with van der Waals surface area (Å²) < 4.78 is 11.2. The summed E-state index contributed by atoms with van der Waals surface area (Å²) in [6.07, 6.45) is 5.69. The van der Waals surface area contributed by atoms with E-state index >= 15 is 0 Å². The summed E-state index contributed by atoms with van der Waals surface area (Å²) in [5.74, 6) is 2.53. The normalized spacial score (nSPS) is 20.2. The molecule has 2 aliphatic rings. The van der Waals surface area contributed by atoms with Crippen molar-refractivity contribution in [3.63, 3.8) is 0 Å². The van der Waals surface area contributed by atoms with Gasteiger partial charge in [-0.1, -0.05) is 23.7 Å². The number of aromatic nitrogens is 2. The molecule has 6 nitrogen and oxygen atoms in total. The Balaban J connectivity index is 1.34. The average molecular weight is 355 g/mol. The molecule has 26 heavy (non-hydrogen) atoms. The molecule has 2 fully saturated rings. The zero-order valence-electron chi connectivity index (χ0n) is 15.2. The molecule has 138 valence electrons. The fourth-order valence-corrected chi connectivity index (χ4v) is 3.65. The van der Waals surface area contributed by atoms with E-state index in [1.807, 2.05) is 36.1 Å². The van der Waals surface area contributed by atoms with Gasteiger partial charge in [0.15, 0.2) is 5.82 Å². The van der Waals surface area contributed by atoms with Crippen LogP contribution in [0.4, 0.5) is 0 Å². The lowest BCUT2D eigenvalue weighted by Crippen LogP contribution is -2.38. The maximum Gasteiger partial charge on any atom is 0.249 e.